The molecule has 2 atom stereocenters. The van der Waals surface area contributed by atoms with E-state index in [0.717, 1.165) is 6.42 Å². The average Bonchev–Trinajstić information content (AvgIpc) is 2.36. The van der Waals surface area contributed by atoms with E-state index in [0.29, 0.717) is 12.8 Å². The minimum absolute atomic E-state index is 0.0723. The number of hydrogen-bond acceptors (Lipinski definition) is 3. The summed E-state index contributed by atoms with van der Waals surface area (Å²) in [5, 5.41) is -0.262. The van der Waals surface area contributed by atoms with Crippen molar-refractivity contribution in [2.75, 3.05) is 7.05 Å². The van der Waals surface area contributed by atoms with E-state index in [2.05, 4.69) is 4.72 Å². The van der Waals surface area contributed by atoms with E-state index in [9.17, 15) is 8.42 Å². The maximum Gasteiger partial charge on any atom is 0.214 e. The third-order valence-corrected chi connectivity index (χ3v) is 4.02. The number of sulfonamides is 1. The Morgan fingerprint density at radius 2 is 2.09 bits per heavy atom. The first-order valence-electron chi connectivity index (χ1n) is 3.74. The molecule has 0 aromatic heterocycles. The fourth-order valence-corrected chi connectivity index (χ4v) is 2.70. The largest absolute Gasteiger partial charge is 0.328 e. The van der Waals surface area contributed by atoms with Gasteiger partial charge in [0.05, 0.1) is 5.25 Å². The number of nitrogens with two attached hydrogens (primary N) is 1. The number of rotatable bonds is 2. The first-order valence-corrected chi connectivity index (χ1v) is 5.29. The summed E-state index contributed by atoms with van der Waals surface area (Å²) in [6, 6.07) is 0.0723. The Bertz CT molecular complexity index is 225. The van der Waals surface area contributed by atoms with Crippen LogP contribution in [-0.4, -0.2) is 26.8 Å². The highest BCUT2D eigenvalue weighted by Gasteiger charge is 2.31. The maximum absolute atomic E-state index is 11.2. The summed E-state index contributed by atoms with van der Waals surface area (Å²) in [6.45, 7) is 0. The van der Waals surface area contributed by atoms with E-state index in [1.165, 1.54) is 7.05 Å². The number of nitrogens with one attached hydrogen (secondary N) is 1. The summed E-state index contributed by atoms with van der Waals surface area (Å²) < 4.78 is 24.7. The Hall–Kier alpha value is -0.130. The highest BCUT2D eigenvalue weighted by atomic mass is 32.2. The summed E-state index contributed by atoms with van der Waals surface area (Å²) in [4.78, 5) is 0. The van der Waals surface area contributed by atoms with E-state index in [-0.39, 0.29) is 11.3 Å². The molecule has 0 bridgehead atoms. The lowest BCUT2D eigenvalue weighted by Gasteiger charge is -2.08. The van der Waals surface area contributed by atoms with Crippen LogP contribution in [-0.2, 0) is 10.0 Å². The minimum Gasteiger partial charge on any atom is -0.328 e. The van der Waals surface area contributed by atoms with Crippen LogP contribution in [0.4, 0.5) is 0 Å². The lowest BCUT2D eigenvalue weighted by Crippen LogP contribution is -2.31. The molecule has 0 aromatic carbocycles. The van der Waals surface area contributed by atoms with Gasteiger partial charge >= 0.3 is 0 Å². The first kappa shape index (κ1) is 8.96. The molecule has 0 amide bonds. The standard InChI is InChI=1S/C6H14N2O2S/c1-8-11(9,10)6-3-2-5(7)4-6/h5-6,8H,2-4,7H2,1H3/t5-,6+/m1/s1. The zero-order valence-corrected chi connectivity index (χ0v) is 7.39. The van der Waals surface area contributed by atoms with Crippen molar-refractivity contribution in [3.8, 4) is 0 Å². The van der Waals surface area contributed by atoms with Gasteiger partial charge in [-0.05, 0) is 26.3 Å². The van der Waals surface area contributed by atoms with Gasteiger partial charge in [0.2, 0.25) is 10.0 Å². The van der Waals surface area contributed by atoms with E-state index in [4.69, 9.17) is 5.73 Å². The third-order valence-electron chi connectivity index (χ3n) is 2.15. The maximum atomic E-state index is 11.2. The number of hydrogen-bond donors (Lipinski definition) is 2. The molecule has 1 saturated carbocycles. The first-order chi connectivity index (χ1) is 5.06. The van der Waals surface area contributed by atoms with Gasteiger partial charge in [0.1, 0.15) is 0 Å². The van der Waals surface area contributed by atoms with Crippen LogP contribution >= 0.6 is 0 Å². The molecule has 1 aliphatic carbocycles. The summed E-state index contributed by atoms with van der Waals surface area (Å²) >= 11 is 0. The van der Waals surface area contributed by atoms with E-state index >= 15 is 0 Å². The van der Waals surface area contributed by atoms with Crippen LogP contribution in [0.1, 0.15) is 19.3 Å². The molecule has 0 spiro atoms. The molecule has 0 saturated heterocycles. The lowest BCUT2D eigenvalue weighted by atomic mass is 10.3. The highest BCUT2D eigenvalue weighted by molar-refractivity contribution is 7.90. The summed E-state index contributed by atoms with van der Waals surface area (Å²) in [5.41, 5.74) is 5.58. The molecule has 0 radical (unpaired) electrons. The average molecular weight is 178 g/mol. The van der Waals surface area contributed by atoms with Crippen molar-refractivity contribution in [2.45, 2.75) is 30.6 Å². The molecule has 1 fully saturated rings. The zero-order chi connectivity index (χ0) is 8.48. The Balaban J connectivity index is 2.64. The van der Waals surface area contributed by atoms with Crippen molar-refractivity contribution < 1.29 is 8.42 Å². The summed E-state index contributed by atoms with van der Waals surface area (Å²) in [5.74, 6) is 0. The second-order valence-corrected chi connectivity index (χ2v) is 5.11. The molecule has 66 valence electrons. The normalized spacial score (nSPS) is 32.5. The molecule has 4 nitrogen and oxygen atoms in total. The monoisotopic (exact) mass is 178 g/mol. The molecule has 0 aromatic rings. The molecule has 3 N–H and O–H groups in total. The van der Waals surface area contributed by atoms with Crippen molar-refractivity contribution >= 4 is 10.0 Å². The Morgan fingerprint density at radius 1 is 1.45 bits per heavy atom. The molecule has 5 heteroatoms. The molecule has 1 aliphatic rings. The summed E-state index contributed by atoms with van der Waals surface area (Å²) in [6.07, 6.45) is 2.12. The zero-order valence-electron chi connectivity index (χ0n) is 6.58. The SMILES string of the molecule is CNS(=O)(=O)[C@H]1CC[C@@H](N)C1. The molecule has 0 aliphatic heterocycles. The Labute approximate surface area is 67.2 Å². The molecular formula is C6H14N2O2S. The van der Waals surface area contributed by atoms with Gasteiger partial charge < -0.3 is 5.73 Å². The van der Waals surface area contributed by atoms with Crippen LogP contribution < -0.4 is 10.5 Å². The van der Waals surface area contributed by atoms with Crippen molar-refractivity contribution in [3.63, 3.8) is 0 Å². The van der Waals surface area contributed by atoms with Gasteiger partial charge in [-0.2, -0.15) is 0 Å². The predicted octanol–water partition coefficient (Wildman–Crippen LogP) is -0.585. The smallest absolute Gasteiger partial charge is 0.214 e. The van der Waals surface area contributed by atoms with Crippen LogP contribution in [0.2, 0.25) is 0 Å². The predicted molar refractivity (Wildman–Crippen MR) is 43.6 cm³/mol. The van der Waals surface area contributed by atoms with Crippen LogP contribution in [0.25, 0.3) is 0 Å². The quantitative estimate of drug-likeness (QED) is 0.594. The van der Waals surface area contributed by atoms with E-state index < -0.39 is 10.0 Å². The molecule has 0 unspecified atom stereocenters. The van der Waals surface area contributed by atoms with Crippen molar-refractivity contribution in [1.82, 2.24) is 4.72 Å². The lowest BCUT2D eigenvalue weighted by molar-refractivity contribution is 0.569. The third kappa shape index (κ3) is 1.91. The van der Waals surface area contributed by atoms with Crippen LogP contribution in [0, 0.1) is 0 Å². The Kier molecular flexibility index (Phi) is 2.51. The topological polar surface area (TPSA) is 72.2 Å². The molecule has 11 heavy (non-hydrogen) atoms. The van der Waals surface area contributed by atoms with Crippen molar-refractivity contribution in [2.24, 2.45) is 5.73 Å². The van der Waals surface area contributed by atoms with Crippen LogP contribution in [0.5, 0.6) is 0 Å². The van der Waals surface area contributed by atoms with Crippen molar-refractivity contribution in [3.05, 3.63) is 0 Å². The molecule has 0 heterocycles. The van der Waals surface area contributed by atoms with E-state index in [1.54, 1.807) is 0 Å². The van der Waals surface area contributed by atoms with Gasteiger partial charge in [-0.15, -0.1) is 0 Å². The van der Waals surface area contributed by atoms with Gasteiger partial charge in [0.15, 0.2) is 0 Å². The van der Waals surface area contributed by atoms with Crippen LogP contribution in [0.15, 0.2) is 0 Å². The molecular weight excluding hydrogens is 164 g/mol. The second kappa shape index (κ2) is 3.08. The Morgan fingerprint density at radius 3 is 2.45 bits per heavy atom. The van der Waals surface area contributed by atoms with Gasteiger partial charge in [0, 0.05) is 6.04 Å². The van der Waals surface area contributed by atoms with Crippen molar-refractivity contribution in [1.29, 1.82) is 0 Å². The fourth-order valence-electron chi connectivity index (χ4n) is 1.42. The van der Waals surface area contributed by atoms with E-state index in [1.807, 2.05) is 0 Å². The minimum atomic E-state index is -3.06. The second-order valence-electron chi connectivity index (χ2n) is 2.94. The van der Waals surface area contributed by atoms with Crippen LogP contribution in [0.3, 0.4) is 0 Å². The van der Waals surface area contributed by atoms with Gasteiger partial charge in [-0.1, -0.05) is 0 Å². The van der Waals surface area contributed by atoms with Gasteiger partial charge in [-0.25, -0.2) is 13.1 Å². The molecule has 1 rings (SSSR count). The summed E-state index contributed by atoms with van der Waals surface area (Å²) in [7, 11) is -1.62. The highest BCUT2D eigenvalue weighted by Crippen LogP contribution is 2.22. The van der Waals surface area contributed by atoms with Gasteiger partial charge in [-0.3, -0.25) is 0 Å². The fraction of sp³-hybridized carbons (Fsp3) is 1.00. The van der Waals surface area contributed by atoms with Gasteiger partial charge in [0.25, 0.3) is 0 Å².